The summed E-state index contributed by atoms with van der Waals surface area (Å²) in [6.07, 6.45) is 0. The fourth-order valence-electron chi connectivity index (χ4n) is 8.29. The van der Waals surface area contributed by atoms with Crippen molar-refractivity contribution < 1.29 is 0 Å². The molecule has 1 heteroatoms. The highest BCUT2D eigenvalue weighted by molar-refractivity contribution is 6.15. The monoisotopic (exact) mass is 725 g/mol. The minimum atomic E-state index is 1.09. The van der Waals surface area contributed by atoms with Crippen LogP contribution in [-0.2, 0) is 0 Å². The lowest BCUT2D eigenvalue weighted by Gasteiger charge is -2.30. The first-order valence-corrected chi connectivity index (χ1v) is 19.6. The van der Waals surface area contributed by atoms with E-state index < -0.39 is 0 Å². The number of nitrogens with zero attached hydrogens (tertiary/aromatic N) is 1. The van der Waals surface area contributed by atoms with Crippen LogP contribution < -0.4 is 4.90 Å². The maximum absolute atomic E-state index is 2.43. The lowest BCUT2D eigenvalue weighted by Crippen LogP contribution is -2.12. The molecule has 0 aliphatic heterocycles. The van der Waals surface area contributed by atoms with Gasteiger partial charge >= 0.3 is 0 Å². The van der Waals surface area contributed by atoms with Crippen molar-refractivity contribution in [3.8, 4) is 55.6 Å². The first kappa shape index (κ1) is 34.0. The van der Waals surface area contributed by atoms with Crippen LogP contribution in [0.3, 0.4) is 0 Å². The molecule has 10 aromatic rings. The normalized spacial score (nSPS) is 11.2. The van der Waals surface area contributed by atoms with Crippen molar-refractivity contribution in [2.75, 3.05) is 4.90 Å². The van der Waals surface area contributed by atoms with Crippen molar-refractivity contribution in [1.29, 1.82) is 0 Å². The summed E-state index contributed by atoms with van der Waals surface area (Å²) < 4.78 is 0. The molecule has 57 heavy (non-hydrogen) atoms. The van der Waals surface area contributed by atoms with E-state index in [-0.39, 0.29) is 0 Å². The number of benzene rings is 10. The van der Waals surface area contributed by atoms with Crippen molar-refractivity contribution >= 4 is 38.6 Å². The summed E-state index contributed by atoms with van der Waals surface area (Å²) in [6, 6.07) is 85.7. The zero-order valence-electron chi connectivity index (χ0n) is 31.5. The van der Waals surface area contributed by atoms with Crippen molar-refractivity contribution in [3.05, 3.63) is 237 Å². The number of fused-ring (bicyclic) bond motifs is 3. The maximum atomic E-state index is 2.43. The topological polar surface area (TPSA) is 3.24 Å². The largest absolute Gasteiger partial charge is 0.310 e. The molecule has 10 aromatic carbocycles. The minimum Gasteiger partial charge on any atom is -0.310 e. The van der Waals surface area contributed by atoms with Gasteiger partial charge in [0.2, 0.25) is 0 Å². The van der Waals surface area contributed by atoms with Gasteiger partial charge in [0.15, 0.2) is 0 Å². The van der Waals surface area contributed by atoms with Gasteiger partial charge in [0.1, 0.15) is 0 Å². The second-order valence-electron chi connectivity index (χ2n) is 14.5. The number of hydrogen-bond acceptors (Lipinski definition) is 1. The molecule has 0 bridgehead atoms. The van der Waals surface area contributed by atoms with Crippen LogP contribution in [0.2, 0.25) is 0 Å². The molecule has 0 radical (unpaired) electrons. The summed E-state index contributed by atoms with van der Waals surface area (Å²) in [5.41, 5.74) is 15.2. The van der Waals surface area contributed by atoms with Crippen LogP contribution in [0.15, 0.2) is 237 Å². The van der Waals surface area contributed by atoms with E-state index in [1.807, 2.05) is 0 Å². The van der Waals surface area contributed by atoms with Gasteiger partial charge in [0.05, 0.1) is 5.69 Å². The van der Waals surface area contributed by atoms with E-state index in [1.54, 1.807) is 0 Å². The molecule has 0 heterocycles. The van der Waals surface area contributed by atoms with E-state index in [1.165, 1.54) is 71.6 Å². The number of rotatable bonds is 8. The molecule has 0 unspecified atom stereocenters. The Morgan fingerprint density at radius 1 is 0.246 bits per heavy atom. The minimum absolute atomic E-state index is 1.09. The lowest BCUT2D eigenvalue weighted by atomic mass is 9.87. The standard InChI is InChI=1S/C56H39N/c1-4-15-40(16-5-1)43-27-29-46(30-28-43)56-53(54-39-47-21-10-11-22-50(47)51-23-12-13-24-52(51)54)25-14-26-55(56)57(48-35-31-44(32-36-48)41-17-6-2-7-18-41)49-37-33-45(34-38-49)42-19-8-3-9-20-42/h1-39H. The summed E-state index contributed by atoms with van der Waals surface area (Å²) in [7, 11) is 0. The first-order chi connectivity index (χ1) is 28.3. The van der Waals surface area contributed by atoms with Crippen LogP contribution in [-0.4, -0.2) is 0 Å². The summed E-state index contributed by atoms with van der Waals surface area (Å²) in [6.45, 7) is 0. The first-order valence-electron chi connectivity index (χ1n) is 19.6. The molecule has 0 aliphatic rings. The number of hydrogen-bond donors (Lipinski definition) is 0. The van der Waals surface area contributed by atoms with E-state index in [4.69, 9.17) is 0 Å². The Morgan fingerprint density at radius 2 is 0.649 bits per heavy atom. The fourth-order valence-corrected chi connectivity index (χ4v) is 8.29. The van der Waals surface area contributed by atoms with Gasteiger partial charge in [0, 0.05) is 16.9 Å². The molecule has 0 saturated carbocycles. The highest BCUT2D eigenvalue weighted by Crippen LogP contribution is 2.48. The highest BCUT2D eigenvalue weighted by Gasteiger charge is 2.22. The predicted molar refractivity (Wildman–Crippen MR) is 243 cm³/mol. The molecule has 0 fully saturated rings. The summed E-state index contributed by atoms with van der Waals surface area (Å²) >= 11 is 0. The SMILES string of the molecule is c1ccc(-c2ccc(-c3c(-c4cc5ccccc5c5ccccc45)cccc3N(c3ccc(-c4ccccc4)cc3)c3ccc(-c4ccccc4)cc3)cc2)cc1. The van der Waals surface area contributed by atoms with Crippen molar-refractivity contribution in [2.45, 2.75) is 0 Å². The zero-order valence-corrected chi connectivity index (χ0v) is 31.5. The molecule has 0 N–H and O–H groups in total. The predicted octanol–water partition coefficient (Wildman–Crippen LogP) is 15.8. The van der Waals surface area contributed by atoms with E-state index >= 15 is 0 Å². The zero-order chi connectivity index (χ0) is 38.0. The van der Waals surface area contributed by atoms with Gasteiger partial charge in [-0.3, -0.25) is 0 Å². The average molecular weight is 726 g/mol. The van der Waals surface area contributed by atoms with Crippen LogP contribution in [0, 0.1) is 0 Å². The molecular weight excluding hydrogens is 687 g/mol. The Labute approximate surface area is 334 Å². The molecule has 1 nitrogen and oxygen atoms in total. The molecule has 10 rings (SSSR count). The second kappa shape index (κ2) is 15.0. The summed E-state index contributed by atoms with van der Waals surface area (Å²) in [5.74, 6) is 0. The molecular formula is C56H39N. The quantitative estimate of drug-likeness (QED) is 0.141. The summed E-state index contributed by atoms with van der Waals surface area (Å²) in [4.78, 5) is 2.43. The summed E-state index contributed by atoms with van der Waals surface area (Å²) in [5, 5.41) is 4.99. The van der Waals surface area contributed by atoms with Gasteiger partial charge < -0.3 is 4.90 Å². The third kappa shape index (κ3) is 6.56. The Morgan fingerprint density at radius 3 is 1.18 bits per heavy atom. The number of anilines is 3. The van der Waals surface area contributed by atoms with Gasteiger partial charge in [-0.05, 0) is 108 Å². The maximum Gasteiger partial charge on any atom is 0.0546 e. The van der Waals surface area contributed by atoms with Gasteiger partial charge in [-0.25, -0.2) is 0 Å². The Kier molecular flexibility index (Phi) is 8.95. The lowest BCUT2D eigenvalue weighted by molar-refractivity contribution is 1.28. The molecule has 0 amide bonds. The van der Waals surface area contributed by atoms with Crippen LogP contribution in [0.5, 0.6) is 0 Å². The van der Waals surface area contributed by atoms with Crippen LogP contribution >= 0.6 is 0 Å². The highest BCUT2D eigenvalue weighted by atomic mass is 15.1. The van der Waals surface area contributed by atoms with Crippen LogP contribution in [0.25, 0.3) is 77.2 Å². The molecule has 0 aromatic heterocycles. The van der Waals surface area contributed by atoms with Gasteiger partial charge in [0.25, 0.3) is 0 Å². The van der Waals surface area contributed by atoms with E-state index in [0.717, 1.165) is 22.6 Å². The van der Waals surface area contributed by atoms with E-state index in [9.17, 15) is 0 Å². The van der Waals surface area contributed by atoms with Crippen LogP contribution in [0.4, 0.5) is 17.1 Å². The van der Waals surface area contributed by atoms with Crippen LogP contribution in [0.1, 0.15) is 0 Å². The Bertz CT molecular complexity index is 2870. The van der Waals surface area contributed by atoms with E-state index in [0.29, 0.717) is 0 Å². The Hall–Kier alpha value is -7.48. The molecule has 0 aliphatic carbocycles. The third-order valence-corrected chi connectivity index (χ3v) is 11.1. The smallest absolute Gasteiger partial charge is 0.0546 e. The molecule has 0 atom stereocenters. The molecule has 0 saturated heterocycles. The van der Waals surface area contributed by atoms with E-state index in [2.05, 4.69) is 241 Å². The Balaban J connectivity index is 1.22. The second-order valence-corrected chi connectivity index (χ2v) is 14.5. The third-order valence-electron chi connectivity index (χ3n) is 11.1. The van der Waals surface area contributed by atoms with Crippen molar-refractivity contribution in [2.24, 2.45) is 0 Å². The average Bonchev–Trinajstić information content (AvgIpc) is 3.30. The fraction of sp³-hybridized carbons (Fsp3) is 0. The van der Waals surface area contributed by atoms with Gasteiger partial charge in [-0.2, -0.15) is 0 Å². The van der Waals surface area contributed by atoms with Gasteiger partial charge in [-0.15, -0.1) is 0 Å². The van der Waals surface area contributed by atoms with Crippen molar-refractivity contribution in [3.63, 3.8) is 0 Å². The molecule has 0 spiro atoms. The van der Waals surface area contributed by atoms with Gasteiger partial charge in [-0.1, -0.05) is 200 Å². The van der Waals surface area contributed by atoms with Crippen molar-refractivity contribution in [1.82, 2.24) is 0 Å². The molecule has 268 valence electrons.